The number of methoxy groups -OCH3 is 2. The molecular formula is C35H34F2N10O3. The number of rotatable bonds is 4. The number of carbonyl (C=O) groups is 1. The second kappa shape index (κ2) is 12.3. The van der Waals surface area contributed by atoms with Crippen LogP contribution in [0.2, 0.25) is 0 Å². The number of benzene rings is 2. The lowest BCUT2D eigenvalue weighted by Crippen LogP contribution is -2.47. The number of anilines is 2. The van der Waals surface area contributed by atoms with Crippen LogP contribution >= 0.6 is 0 Å². The molecule has 1 saturated heterocycles. The van der Waals surface area contributed by atoms with E-state index in [0.29, 0.717) is 82.8 Å². The zero-order chi connectivity index (χ0) is 34.7. The molecule has 0 saturated carbocycles. The summed E-state index contributed by atoms with van der Waals surface area (Å²) in [5.74, 6) is 1.15. The first-order chi connectivity index (χ1) is 24.2. The lowest BCUT2D eigenvalue weighted by atomic mass is 10.1. The molecule has 1 N–H and O–H groups in total. The van der Waals surface area contributed by atoms with Crippen molar-refractivity contribution in [2.45, 2.75) is 38.1 Å². The largest absolute Gasteiger partial charge is 0.494 e. The summed E-state index contributed by atoms with van der Waals surface area (Å²) in [5.41, 5.74) is 3.45. The quantitative estimate of drug-likeness (QED) is 0.287. The van der Waals surface area contributed by atoms with Crippen LogP contribution in [-0.2, 0) is 16.1 Å². The van der Waals surface area contributed by atoms with Gasteiger partial charge in [-0.25, -0.2) is 33.4 Å². The summed E-state index contributed by atoms with van der Waals surface area (Å²) >= 11 is 0. The number of halogens is 2. The fourth-order valence-corrected chi connectivity index (χ4v) is 7.18. The van der Waals surface area contributed by atoms with Crippen molar-refractivity contribution in [3.05, 3.63) is 78.5 Å². The third kappa shape index (κ3) is 5.33. The molecule has 13 nitrogen and oxygen atoms in total. The van der Waals surface area contributed by atoms with Crippen molar-refractivity contribution in [2.75, 3.05) is 44.6 Å². The highest BCUT2D eigenvalue weighted by Crippen LogP contribution is 2.35. The normalized spacial score (nSPS) is 19.5. The number of carbonyl (C=O) groups excluding carboxylic acids is 1. The van der Waals surface area contributed by atoms with Gasteiger partial charge in [-0.1, -0.05) is 6.07 Å². The predicted molar refractivity (Wildman–Crippen MR) is 182 cm³/mol. The van der Waals surface area contributed by atoms with Crippen molar-refractivity contribution < 1.29 is 23.0 Å². The first-order valence-electron chi connectivity index (χ1n) is 16.2. The zero-order valence-electron chi connectivity index (χ0n) is 27.8. The monoisotopic (exact) mass is 680 g/mol. The molecule has 0 radical (unpaired) electrons. The zero-order valence-corrected chi connectivity index (χ0v) is 27.8. The summed E-state index contributed by atoms with van der Waals surface area (Å²) in [6, 6.07) is 11.9. The first-order valence-corrected chi connectivity index (χ1v) is 16.2. The molecule has 0 aliphatic carbocycles. The fraction of sp³-hybridized carbons (Fsp3) is 0.314. The van der Waals surface area contributed by atoms with E-state index in [1.807, 2.05) is 34.6 Å². The van der Waals surface area contributed by atoms with Gasteiger partial charge < -0.3 is 29.2 Å². The maximum absolute atomic E-state index is 15.0. The van der Waals surface area contributed by atoms with Crippen LogP contribution in [0, 0.1) is 18.6 Å². The fourth-order valence-electron chi connectivity index (χ4n) is 7.18. The van der Waals surface area contributed by atoms with Crippen LogP contribution in [0.1, 0.15) is 12.2 Å². The minimum atomic E-state index is -0.599. The number of hydrogen-bond donors (Lipinski definition) is 1. The number of likely N-dealkylation sites (N-methyl/N-ethyl adjacent to an activating group) is 1. The number of imidazole rings is 1. The summed E-state index contributed by atoms with van der Waals surface area (Å²) in [6.45, 7) is 2.96. The number of aryl methyl sites for hydroxylation is 1. The van der Waals surface area contributed by atoms with Crippen LogP contribution < -0.4 is 15.0 Å². The number of nitrogens with zero attached hydrogens (tertiary/aromatic N) is 9. The Kier molecular flexibility index (Phi) is 7.78. The second-order valence-corrected chi connectivity index (χ2v) is 12.6. The lowest BCUT2D eigenvalue weighted by molar-refractivity contribution is -0.132. The number of fused-ring (bicyclic) bond motifs is 6. The summed E-state index contributed by atoms with van der Waals surface area (Å²) < 4.78 is 43.9. The molecule has 4 aromatic heterocycles. The Morgan fingerprint density at radius 1 is 0.980 bits per heavy atom. The van der Waals surface area contributed by atoms with E-state index >= 15 is 0 Å². The molecule has 1 fully saturated rings. The maximum Gasteiger partial charge on any atom is 0.245 e. The molecule has 2 aliphatic rings. The molecule has 2 aliphatic heterocycles. The number of aromatic nitrogens is 7. The summed E-state index contributed by atoms with van der Waals surface area (Å²) in [7, 11) is 4.85. The van der Waals surface area contributed by atoms with Crippen molar-refractivity contribution in [1.29, 1.82) is 0 Å². The highest BCUT2D eigenvalue weighted by molar-refractivity contribution is 5.94. The summed E-state index contributed by atoms with van der Waals surface area (Å²) in [6.07, 6.45) is 3.12. The van der Waals surface area contributed by atoms with Gasteiger partial charge in [-0.15, -0.1) is 0 Å². The topological polar surface area (TPSA) is 128 Å². The van der Waals surface area contributed by atoms with Crippen LogP contribution in [0.4, 0.5) is 20.4 Å². The Hall–Kier alpha value is -5.70. The molecule has 2 aromatic carbocycles. The van der Waals surface area contributed by atoms with E-state index in [4.69, 9.17) is 14.5 Å². The van der Waals surface area contributed by atoms with Crippen molar-refractivity contribution in [3.8, 4) is 22.7 Å². The van der Waals surface area contributed by atoms with Crippen molar-refractivity contribution in [1.82, 2.24) is 39.2 Å². The second-order valence-electron chi connectivity index (χ2n) is 12.6. The SMILES string of the molecule is COc1cc(F)ccc1-n1ncc2c(N3C[C@@H]4C[C@H]3C(=O)N(C)C[C@@H](OC)Cn3c(C)nc5cc(F)cc(c53)-c3cccc(n3)N4)ncnc21. The number of nitrogens with one attached hydrogen (secondary N) is 1. The standard InChI is InChI=1S/C35H34F2N10O3/c1-19-41-27-11-21(37)10-24-26-6-5-7-31(43-26)42-22-13-29(35(48)44(2)16-23(49-3)17-45(19)32(24)27)46(15-22)33-25-14-40-47(34(25)39-18-38-33)28-9-8-20(36)12-30(28)50-4/h5-12,14,18,22-23,29H,13,15-17H2,1-4H3,(H,42,43)/t22-,23+,29-/m0/s1. The molecule has 0 unspecified atom stereocenters. The van der Waals surface area contributed by atoms with Crippen LogP contribution in [0.5, 0.6) is 5.75 Å². The van der Waals surface area contributed by atoms with E-state index in [1.165, 1.54) is 37.7 Å². The van der Waals surface area contributed by atoms with Crippen molar-refractivity contribution in [3.63, 3.8) is 0 Å². The highest BCUT2D eigenvalue weighted by Gasteiger charge is 2.41. The van der Waals surface area contributed by atoms with Crippen LogP contribution in [0.15, 0.2) is 61.1 Å². The summed E-state index contributed by atoms with van der Waals surface area (Å²) in [4.78, 5) is 36.8. The number of pyridine rings is 1. The molecule has 6 aromatic rings. The Labute approximate surface area is 285 Å². The van der Waals surface area contributed by atoms with Crippen molar-refractivity contribution in [2.24, 2.45) is 0 Å². The van der Waals surface area contributed by atoms with E-state index < -0.39 is 23.8 Å². The van der Waals surface area contributed by atoms with E-state index in [-0.39, 0.29) is 11.9 Å². The van der Waals surface area contributed by atoms with E-state index in [9.17, 15) is 13.6 Å². The van der Waals surface area contributed by atoms with Crippen molar-refractivity contribution >= 4 is 39.6 Å². The van der Waals surface area contributed by atoms with Gasteiger partial charge in [0.1, 0.15) is 52.9 Å². The minimum absolute atomic E-state index is 0.109. The molecule has 15 heteroatoms. The molecule has 6 heterocycles. The molecule has 0 spiro atoms. The molecule has 50 heavy (non-hydrogen) atoms. The minimum Gasteiger partial charge on any atom is -0.494 e. The van der Waals surface area contributed by atoms with Gasteiger partial charge in [0, 0.05) is 51.0 Å². The highest BCUT2D eigenvalue weighted by atomic mass is 19.1. The van der Waals surface area contributed by atoms with Gasteiger partial charge in [0.05, 0.1) is 48.1 Å². The van der Waals surface area contributed by atoms with Gasteiger partial charge in [0.2, 0.25) is 5.91 Å². The predicted octanol–water partition coefficient (Wildman–Crippen LogP) is 4.37. The van der Waals surface area contributed by atoms with Crippen LogP contribution in [0.25, 0.3) is 39.0 Å². The summed E-state index contributed by atoms with van der Waals surface area (Å²) in [5, 5.41) is 8.71. The first kappa shape index (κ1) is 31.6. The number of amides is 1. The lowest BCUT2D eigenvalue weighted by Gasteiger charge is -2.30. The Balaban J connectivity index is 1.22. The van der Waals surface area contributed by atoms with Gasteiger partial charge in [0.15, 0.2) is 5.65 Å². The van der Waals surface area contributed by atoms with E-state index in [0.717, 1.165) is 5.52 Å². The van der Waals surface area contributed by atoms with Gasteiger partial charge in [-0.2, -0.15) is 5.10 Å². The molecule has 8 rings (SSSR count). The van der Waals surface area contributed by atoms with Crippen LogP contribution in [0.3, 0.4) is 0 Å². The molecule has 1 amide bonds. The molecule has 4 bridgehead atoms. The van der Waals surface area contributed by atoms with Gasteiger partial charge in [-0.3, -0.25) is 4.79 Å². The molecular weight excluding hydrogens is 646 g/mol. The van der Waals surface area contributed by atoms with Crippen LogP contribution in [-0.4, -0.2) is 97.6 Å². The Morgan fingerprint density at radius 2 is 1.84 bits per heavy atom. The molecule has 3 atom stereocenters. The maximum atomic E-state index is 15.0. The van der Waals surface area contributed by atoms with E-state index in [2.05, 4.69) is 25.4 Å². The van der Waals surface area contributed by atoms with Gasteiger partial charge >= 0.3 is 0 Å². The Morgan fingerprint density at radius 3 is 2.66 bits per heavy atom. The van der Waals surface area contributed by atoms with Gasteiger partial charge in [0.25, 0.3) is 0 Å². The third-order valence-electron chi connectivity index (χ3n) is 9.52. The average Bonchev–Trinajstić information content (AvgIpc) is 3.82. The molecule has 256 valence electrons. The third-order valence-corrected chi connectivity index (χ3v) is 9.52. The van der Waals surface area contributed by atoms with E-state index in [1.54, 1.807) is 36.0 Å². The Bertz CT molecular complexity index is 2270. The number of hydrogen-bond acceptors (Lipinski definition) is 10. The average molecular weight is 681 g/mol. The smallest absolute Gasteiger partial charge is 0.245 e. The number of ether oxygens (including phenoxy) is 2. The van der Waals surface area contributed by atoms with Gasteiger partial charge in [-0.05, 0) is 43.7 Å².